The van der Waals surface area contributed by atoms with Gasteiger partial charge in [0.1, 0.15) is 6.10 Å². The number of rotatable bonds is 7. The van der Waals surface area contributed by atoms with E-state index in [1.54, 1.807) is 13.8 Å². The van der Waals surface area contributed by atoms with Crippen LogP contribution in [0.3, 0.4) is 0 Å². The Balaban J connectivity index is 1.29. The van der Waals surface area contributed by atoms with Gasteiger partial charge in [0.2, 0.25) is 5.91 Å². The third-order valence-corrected chi connectivity index (χ3v) is 16.0. The molecule has 0 unspecified atom stereocenters. The first kappa shape index (κ1) is 36.6. The molecule has 49 heavy (non-hydrogen) atoms. The molecule has 0 bridgehead atoms. The molecule has 1 heterocycles. The van der Waals surface area contributed by atoms with Crippen LogP contribution in [0.2, 0.25) is 0 Å². The van der Waals surface area contributed by atoms with Crippen molar-refractivity contribution in [2.75, 3.05) is 13.6 Å². The Morgan fingerprint density at radius 3 is 2.24 bits per heavy atom. The first-order valence-electron chi connectivity index (χ1n) is 19.4. The van der Waals surface area contributed by atoms with Gasteiger partial charge in [-0.15, -0.1) is 0 Å². The van der Waals surface area contributed by atoms with Gasteiger partial charge in [0.15, 0.2) is 5.78 Å². The first-order valence-corrected chi connectivity index (χ1v) is 19.4. The van der Waals surface area contributed by atoms with Gasteiger partial charge in [-0.2, -0.15) is 0 Å². The minimum Gasteiger partial charge on any atom is -0.481 e. The number of carboxylic acid groups (broad SMARTS) is 1. The number of carboxylic acids is 1. The Morgan fingerprint density at radius 1 is 0.939 bits per heavy atom. The number of amides is 1. The lowest BCUT2D eigenvalue weighted by Crippen LogP contribution is -2.67. The summed E-state index contributed by atoms with van der Waals surface area (Å²) in [6.07, 6.45) is 9.79. The van der Waals surface area contributed by atoms with E-state index >= 15 is 0 Å². The largest absolute Gasteiger partial charge is 0.481 e. The van der Waals surface area contributed by atoms with Crippen molar-refractivity contribution in [3.05, 3.63) is 11.1 Å². The molecule has 1 aliphatic heterocycles. The second kappa shape index (κ2) is 11.9. The molecule has 0 spiro atoms. The number of esters is 1. The number of hydrogen-bond donors (Lipinski definition) is 2. The predicted octanol–water partition coefficient (Wildman–Crippen LogP) is 7.34. The number of ether oxygens (including phenoxy) is 1. The highest BCUT2D eigenvalue weighted by atomic mass is 16.5. The molecule has 4 saturated carbocycles. The molecule has 0 aromatic rings. The molecule has 6 rings (SSSR count). The van der Waals surface area contributed by atoms with E-state index in [9.17, 15) is 24.3 Å². The summed E-state index contributed by atoms with van der Waals surface area (Å²) in [5.74, 6) is 0.180. The van der Waals surface area contributed by atoms with E-state index in [0.717, 1.165) is 76.3 Å². The molecule has 8 nitrogen and oxygen atoms in total. The Hall–Kier alpha value is -2.22. The fourth-order valence-corrected chi connectivity index (χ4v) is 13.1. The number of allylic oxidation sites excluding steroid dienone is 1. The number of nitrogens with one attached hydrogen (secondary N) is 1. The highest BCUT2D eigenvalue weighted by molar-refractivity contribution is 6.02. The summed E-state index contributed by atoms with van der Waals surface area (Å²) < 4.78 is 6.15. The average Bonchev–Trinajstić information content (AvgIpc) is 3.54. The van der Waals surface area contributed by atoms with Crippen LogP contribution in [-0.2, 0) is 23.9 Å². The van der Waals surface area contributed by atoms with Crippen molar-refractivity contribution < 1.29 is 29.0 Å². The molecule has 6 aliphatic rings. The average molecular weight is 681 g/mol. The minimum atomic E-state index is -1.16. The number of fused-ring (bicyclic) bond motifs is 7. The van der Waals surface area contributed by atoms with Crippen LogP contribution in [0, 0.1) is 50.7 Å². The minimum absolute atomic E-state index is 0.00175. The summed E-state index contributed by atoms with van der Waals surface area (Å²) in [5, 5.41) is 13.2. The third kappa shape index (κ3) is 5.37. The number of nitrogens with zero attached hydrogens (tertiary/aromatic N) is 1. The Kier molecular flexibility index (Phi) is 8.89. The zero-order valence-electron chi connectivity index (χ0n) is 32.1. The molecule has 1 saturated heterocycles. The zero-order chi connectivity index (χ0) is 36.1. The van der Waals surface area contributed by atoms with Crippen molar-refractivity contribution >= 4 is 23.6 Å². The van der Waals surface area contributed by atoms with Crippen LogP contribution in [-0.4, -0.2) is 64.9 Å². The highest BCUT2D eigenvalue weighted by Crippen LogP contribution is 2.76. The van der Waals surface area contributed by atoms with E-state index in [0.29, 0.717) is 18.3 Å². The molecule has 5 fully saturated rings. The number of likely N-dealkylation sites (tertiary alicyclic amines) is 1. The molecule has 274 valence electrons. The molecule has 8 heteroatoms. The van der Waals surface area contributed by atoms with Crippen LogP contribution in [0.1, 0.15) is 139 Å². The van der Waals surface area contributed by atoms with Crippen LogP contribution in [0.15, 0.2) is 11.1 Å². The van der Waals surface area contributed by atoms with E-state index in [1.807, 2.05) is 7.05 Å². The summed E-state index contributed by atoms with van der Waals surface area (Å²) in [7, 11) is 2.04. The van der Waals surface area contributed by atoms with E-state index in [2.05, 4.69) is 58.7 Å². The summed E-state index contributed by atoms with van der Waals surface area (Å²) >= 11 is 0. The van der Waals surface area contributed by atoms with E-state index in [1.165, 1.54) is 5.57 Å². The van der Waals surface area contributed by atoms with E-state index in [-0.39, 0.29) is 63.8 Å². The Bertz CT molecular complexity index is 1450. The summed E-state index contributed by atoms with van der Waals surface area (Å²) in [4.78, 5) is 54.8. The zero-order valence-corrected chi connectivity index (χ0v) is 32.1. The monoisotopic (exact) mass is 680 g/mol. The van der Waals surface area contributed by atoms with Crippen molar-refractivity contribution in [3.63, 3.8) is 0 Å². The number of likely N-dealkylation sites (N-methyl/N-ethyl adjacent to an activating group) is 1. The van der Waals surface area contributed by atoms with Gasteiger partial charge < -0.3 is 15.2 Å². The maximum atomic E-state index is 13.9. The van der Waals surface area contributed by atoms with Gasteiger partial charge in [-0.3, -0.25) is 24.1 Å². The molecule has 5 aliphatic carbocycles. The highest BCUT2D eigenvalue weighted by Gasteiger charge is 2.70. The van der Waals surface area contributed by atoms with Crippen molar-refractivity contribution in [3.8, 4) is 0 Å². The number of aliphatic carboxylic acids is 1. The fourth-order valence-electron chi connectivity index (χ4n) is 13.1. The topological polar surface area (TPSA) is 113 Å². The number of Topliss-reactive ketones (excluding diaryl/α,β-unsaturated/α-hetero) is 1. The Morgan fingerprint density at radius 2 is 1.63 bits per heavy atom. The normalized spacial score (nSPS) is 41.9. The van der Waals surface area contributed by atoms with Crippen LogP contribution in [0.5, 0.6) is 0 Å². The number of hydrogen-bond acceptors (Lipinski definition) is 6. The molecular weight excluding hydrogens is 616 g/mol. The molecule has 0 aromatic carbocycles. The fraction of sp³-hybridized carbons (Fsp3) is 0.854. The van der Waals surface area contributed by atoms with Gasteiger partial charge in [0.25, 0.3) is 0 Å². The maximum absolute atomic E-state index is 13.9. The van der Waals surface area contributed by atoms with E-state index < -0.39 is 22.9 Å². The van der Waals surface area contributed by atoms with Gasteiger partial charge in [-0.25, -0.2) is 0 Å². The van der Waals surface area contributed by atoms with Gasteiger partial charge in [0.05, 0.1) is 23.4 Å². The number of carbonyl (C=O) groups excluding carboxylic acids is 3. The third-order valence-electron chi connectivity index (χ3n) is 16.0. The molecular formula is C41H64N2O6. The summed E-state index contributed by atoms with van der Waals surface area (Å²) in [6, 6.07) is -0.118. The lowest BCUT2D eigenvalue weighted by molar-refractivity contribution is -0.232. The van der Waals surface area contributed by atoms with Crippen molar-refractivity contribution in [1.29, 1.82) is 0 Å². The van der Waals surface area contributed by atoms with Crippen LogP contribution in [0.4, 0.5) is 0 Å². The Labute approximate surface area is 294 Å². The van der Waals surface area contributed by atoms with Gasteiger partial charge >= 0.3 is 11.9 Å². The lowest BCUT2D eigenvalue weighted by Gasteiger charge is -2.72. The molecule has 9 atom stereocenters. The number of ketones is 1. The number of carbonyl (C=O) groups is 4. The molecule has 1 amide bonds. The SMILES string of the molecule is CC(C)C1=C2[C@H]3CC[C@@H]4[C@@]5(C)CC[C@H](OC(=O)CC(C)(C)C(=O)O)C(C)(C)[C@@H]5CC[C@@]4(C)[C@]3(C)CC[C@@]2(NC(=O)[C@H]2CCCN2C)CC1=O. The molecule has 2 N–H and O–H groups in total. The quantitative estimate of drug-likeness (QED) is 0.271. The van der Waals surface area contributed by atoms with Crippen molar-refractivity contribution in [2.24, 2.45) is 50.7 Å². The van der Waals surface area contributed by atoms with Crippen molar-refractivity contribution in [1.82, 2.24) is 10.2 Å². The summed E-state index contributed by atoms with van der Waals surface area (Å²) in [5.41, 5.74) is 0.449. The van der Waals surface area contributed by atoms with Gasteiger partial charge in [0, 0.05) is 11.8 Å². The van der Waals surface area contributed by atoms with Gasteiger partial charge in [-0.1, -0.05) is 48.5 Å². The second-order valence-corrected chi connectivity index (χ2v) is 19.6. The smallest absolute Gasteiger partial charge is 0.309 e. The van der Waals surface area contributed by atoms with Crippen molar-refractivity contribution in [2.45, 2.75) is 157 Å². The molecule has 0 radical (unpaired) electrons. The van der Waals surface area contributed by atoms with E-state index in [4.69, 9.17) is 4.74 Å². The van der Waals surface area contributed by atoms with Crippen LogP contribution < -0.4 is 5.32 Å². The van der Waals surface area contributed by atoms with Crippen LogP contribution >= 0.6 is 0 Å². The first-order chi connectivity index (χ1) is 22.6. The maximum Gasteiger partial charge on any atom is 0.309 e. The second-order valence-electron chi connectivity index (χ2n) is 19.6. The molecule has 0 aromatic heterocycles. The van der Waals surface area contributed by atoms with Crippen LogP contribution in [0.25, 0.3) is 0 Å². The lowest BCUT2D eigenvalue weighted by atomic mass is 9.33. The predicted molar refractivity (Wildman–Crippen MR) is 189 cm³/mol. The summed E-state index contributed by atoms with van der Waals surface area (Å²) in [6.45, 7) is 20.6. The van der Waals surface area contributed by atoms with Gasteiger partial charge in [-0.05, 0) is 143 Å². The standard InChI is InChI=1S/C41H64N2O6/c1-24(2)32-27(44)22-41(42-34(46)26-12-11-21-43(26)10)20-19-39(8)25(33(32)41)13-14-29-38(7)17-16-30(49-31(45)23-36(3,4)35(47)48)37(5,6)28(38)15-18-40(29,39)9/h24-26,28-30H,11-23H2,1-10H3,(H,42,46)(H,47,48)/t25-,26-,28+,29-,30+,38+,39-,40-,41-/m1/s1.